The lowest BCUT2D eigenvalue weighted by molar-refractivity contribution is -0.205. The molecule has 0 saturated carbocycles. The molecule has 1 heterocycles. The summed E-state index contributed by atoms with van der Waals surface area (Å²) in [5, 5.41) is 42.4. The molecule has 0 aromatic heterocycles. The summed E-state index contributed by atoms with van der Waals surface area (Å²) in [6.07, 6.45) is 0.251. The molecular weight excluding hydrogens is 422 g/mol. The highest BCUT2D eigenvalue weighted by molar-refractivity contribution is 8.14. The molecule has 1 fully saturated rings. The van der Waals surface area contributed by atoms with Crippen LogP contribution >= 0.6 is 23.5 Å². The van der Waals surface area contributed by atoms with Crippen LogP contribution in [0.2, 0.25) is 0 Å². The number of aliphatic hydroxyl groups is 4. The highest BCUT2D eigenvalue weighted by Gasteiger charge is 2.44. The van der Waals surface area contributed by atoms with Crippen LogP contribution in [-0.4, -0.2) is 86.9 Å². The predicted molar refractivity (Wildman–Crippen MR) is 103 cm³/mol. The van der Waals surface area contributed by atoms with Gasteiger partial charge in [-0.05, 0) is 31.3 Å². The van der Waals surface area contributed by atoms with Crippen molar-refractivity contribution >= 4 is 39.0 Å². The number of ether oxygens (including phenoxy) is 1. The zero-order valence-electron chi connectivity index (χ0n) is 14.9. The topological polar surface area (TPSA) is 166 Å². The van der Waals surface area contributed by atoms with Gasteiger partial charge in [0.05, 0.1) is 6.61 Å². The molecule has 5 N–H and O–H groups in total. The van der Waals surface area contributed by atoms with Crippen molar-refractivity contribution in [3.8, 4) is 0 Å². The minimum Gasteiger partial charge on any atom is -0.394 e. The number of unbranched alkanes of at least 4 members (excludes halogenated alkanes) is 3. The van der Waals surface area contributed by atoms with E-state index >= 15 is 0 Å². The predicted octanol–water partition coefficient (Wildman–Crippen LogP) is -0.0341. The molecule has 0 unspecified atom stereocenters. The summed E-state index contributed by atoms with van der Waals surface area (Å²) in [5.41, 5.74) is -1.11. The number of nitrogens with zero attached hydrogens (tertiary/aromatic N) is 1. The number of aliphatic hydroxyl groups excluding tert-OH is 4. The van der Waals surface area contributed by atoms with Crippen molar-refractivity contribution in [2.24, 2.45) is 5.16 Å². The zero-order valence-corrected chi connectivity index (χ0v) is 17.3. The Hall–Kier alpha value is -0.120. The molecular formula is C14H27NO9S3. The van der Waals surface area contributed by atoms with Crippen molar-refractivity contribution in [2.75, 3.05) is 18.6 Å². The highest BCUT2D eigenvalue weighted by Crippen LogP contribution is 2.30. The summed E-state index contributed by atoms with van der Waals surface area (Å²) < 4.78 is 39.6. The van der Waals surface area contributed by atoms with Crippen molar-refractivity contribution in [1.29, 1.82) is 0 Å². The molecule has 13 heteroatoms. The Kier molecular flexibility index (Phi) is 11.5. The Balaban J connectivity index is 2.71. The average molecular weight is 450 g/mol. The monoisotopic (exact) mass is 449 g/mol. The van der Waals surface area contributed by atoms with Crippen LogP contribution in [-0.2, 0) is 19.4 Å². The lowest BCUT2D eigenvalue weighted by Gasteiger charge is -2.39. The summed E-state index contributed by atoms with van der Waals surface area (Å²) in [6.45, 7) is -0.578. The van der Waals surface area contributed by atoms with Gasteiger partial charge in [0.25, 0.3) is 0 Å². The minimum atomic E-state index is -4.79. The Bertz CT molecular complexity index is 558. The van der Waals surface area contributed by atoms with Gasteiger partial charge in [0.1, 0.15) is 34.9 Å². The van der Waals surface area contributed by atoms with Crippen LogP contribution in [0.4, 0.5) is 0 Å². The van der Waals surface area contributed by atoms with E-state index in [1.807, 2.05) is 6.26 Å². The molecule has 0 aromatic carbocycles. The van der Waals surface area contributed by atoms with E-state index in [0.29, 0.717) is 12.8 Å². The lowest BCUT2D eigenvalue weighted by atomic mass is 10.0. The molecule has 5 atom stereocenters. The first-order chi connectivity index (χ1) is 12.7. The second-order valence-electron chi connectivity index (χ2n) is 5.96. The van der Waals surface area contributed by atoms with Gasteiger partial charge in [-0.15, -0.1) is 0 Å². The Morgan fingerprint density at radius 3 is 2.37 bits per heavy atom. The van der Waals surface area contributed by atoms with Crippen molar-refractivity contribution in [2.45, 2.75) is 62.0 Å². The second kappa shape index (κ2) is 12.4. The SMILES string of the molecule is CSCCCCCC/C(=N\OS(=O)(=O)O)S[C@H]1O[C@@H](CO)[C@H](O)[C@@H](O)[C@H]1O. The third-order valence-electron chi connectivity index (χ3n) is 3.82. The van der Waals surface area contributed by atoms with E-state index in [0.717, 1.165) is 36.8 Å². The van der Waals surface area contributed by atoms with E-state index in [1.165, 1.54) is 0 Å². The van der Waals surface area contributed by atoms with Gasteiger partial charge in [0, 0.05) is 0 Å². The molecule has 0 bridgehead atoms. The van der Waals surface area contributed by atoms with Gasteiger partial charge in [-0.3, -0.25) is 4.55 Å². The normalized spacial score (nSPS) is 29.7. The lowest BCUT2D eigenvalue weighted by Crippen LogP contribution is -2.57. The second-order valence-corrected chi connectivity index (χ2v) is 9.12. The first-order valence-electron chi connectivity index (χ1n) is 8.38. The summed E-state index contributed by atoms with van der Waals surface area (Å²) in [6, 6.07) is 0. The molecule has 27 heavy (non-hydrogen) atoms. The van der Waals surface area contributed by atoms with E-state index in [9.17, 15) is 28.8 Å². The third-order valence-corrected chi connectivity index (χ3v) is 5.96. The van der Waals surface area contributed by atoms with Crippen molar-refractivity contribution in [3.05, 3.63) is 0 Å². The molecule has 10 nitrogen and oxygen atoms in total. The first-order valence-corrected chi connectivity index (χ1v) is 12.0. The molecule has 0 aliphatic carbocycles. The van der Waals surface area contributed by atoms with Crippen LogP contribution in [0.1, 0.15) is 32.1 Å². The van der Waals surface area contributed by atoms with E-state index in [2.05, 4.69) is 9.44 Å². The van der Waals surface area contributed by atoms with E-state index in [-0.39, 0.29) is 5.04 Å². The maximum atomic E-state index is 10.8. The van der Waals surface area contributed by atoms with Gasteiger partial charge in [-0.25, -0.2) is 4.28 Å². The van der Waals surface area contributed by atoms with Gasteiger partial charge >= 0.3 is 10.4 Å². The molecule has 0 amide bonds. The largest absolute Gasteiger partial charge is 0.466 e. The first kappa shape index (κ1) is 24.9. The standard InChI is InChI=1S/C14H27NO9S3/c1-25-7-5-3-2-4-6-10(15-24-27(20,21)22)26-14-13(19)12(18)11(17)9(8-16)23-14/h9,11-14,16-19H,2-8H2,1H3,(H,20,21,22)/b15-10+/t9-,11-,12+,13+,14+/m0/s1. The molecule has 0 aromatic rings. The fourth-order valence-electron chi connectivity index (χ4n) is 2.39. The van der Waals surface area contributed by atoms with Gasteiger partial charge in [0.2, 0.25) is 0 Å². The molecule has 0 spiro atoms. The van der Waals surface area contributed by atoms with Crippen LogP contribution in [0.15, 0.2) is 5.16 Å². The van der Waals surface area contributed by atoms with Gasteiger partial charge in [0.15, 0.2) is 0 Å². The van der Waals surface area contributed by atoms with Crippen LogP contribution in [0, 0.1) is 0 Å². The number of hydrogen-bond donors (Lipinski definition) is 5. The minimum absolute atomic E-state index is 0.127. The molecule has 1 aliphatic heterocycles. The number of rotatable bonds is 11. The maximum Gasteiger partial charge on any atom is 0.466 e. The van der Waals surface area contributed by atoms with Gasteiger partial charge < -0.3 is 25.2 Å². The van der Waals surface area contributed by atoms with Crippen LogP contribution < -0.4 is 0 Å². The molecule has 1 aliphatic rings. The van der Waals surface area contributed by atoms with Crippen molar-refractivity contribution < 1.29 is 42.4 Å². The fourth-order valence-corrected chi connectivity index (χ4v) is 4.22. The third kappa shape index (κ3) is 9.28. The molecule has 160 valence electrons. The molecule has 1 rings (SSSR count). The van der Waals surface area contributed by atoms with E-state index < -0.39 is 46.9 Å². The smallest absolute Gasteiger partial charge is 0.394 e. The Morgan fingerprint density at radius 2 is 1.78 bits per heavy atom. The number of hydrogen-bond acceptors (Lipinski definition) is 11. The van der Waals surface area contributed by atoms with Crippen LogP contribution in [0.25, 0.3) is 0 Å². The summed E-state index contributed by atoms with van der Waals surface area (Å²) in [5.74, 6) is 1.05. The summed E-state index contributed by atoms with van der Waals surface area (Å²) in [4.78, 5) is 0. The highest BCUT2D eigenvalue weighted by atomic mass is 32.3. The average Bonchev–Trinajstić information content (AvgIpc) is 2.61. The van der Waals surface area contributed by atoms with Gasteiger partial charge in [-0.2, -0.15) is 20.2 Å². The zero-order chi connectivity index (χ0) is 20.4. The molecule has 1 saturated heterocycles. The van der Waals surface area contributed by atoms with Crippen LogP contribution in [0.3, 0.4) is 0 Å². The van der Waals surface area contributed by atoms with Crippen LogP contribution in [0.5, 0.6) is 0 Å². The maximum absolute atomic E-state index is 10.8. The number of thioether (sulfide) groups is 2. The van der Waals surface area contributed by atoms with Gasteiger partial charge in [-0.1, -0.05) is 29.8 Å². The number of oxime groups is 1. The Morgan fingerprint density at radius 1 is 1.11 bits per heavy atom. The fraction of sp³-hybridized carbons (Fsp3) is 0.929. The van der Waals surface area contributed by atoms with E-state index in [1.54, 1.807) is 11.8 Å². The molecule has 0 radical (unpaired) electrons. The summed E-state index contributed by atoms with van der Waals surface area (Å²) in [7, 11) is -4.79. The Labute approximate surface area is 167 Å². The quantitative estimate of drug-likeness (QED) is 0.0944. The van der Waals surface area contributed by atoms with Crippen molar-refractivity contribution in [1.82, 2.24) is 0 Å². The summed E-state index contributed by atoms with van der Waals surface area (Å²) >= 11 is 2.55. The van der Waals surface area contributed by atoms with Crippen molar-refractivity contribution in [3.63, 3.8) is 0 Å². The van der Waals surface area contributed by atoms with E-state index in [4.69, 9.17) is 9.29 Å².